The van der Waals surface area contributed by atoms with E-state index >= 15 is 0 Å². The molecule has 0 spiro atoms. The van der Waals surface area contributed by atoms with E-state index in [1.807, 2.05) is 0 Å². The Bertz CT molecular complexity index is 717. The van der Waals surface area contributed by atoms with Gasteiger partial charge in [0.05, 0.1) is 18.3 Å². The number of halogens is 6. The van der Waals surface area contributed by atoms with Gasteiger partial charge in [-0.05, 0) is 23.8 Å². The molecule has 150 valence electrons. The Kier molecular flexibility index (Phi) is 9.88. The largest absolute Gasteiger partial charge is 0.471 e. The highest BCUT2D eigenvalue weighted by molar-refractivity contribution is 5.92. The lowest BCUT2D eigenvalue weighted by Crippen LogP contribution is -2.33. The quantitative estimate of drug-likeness (QED) is 0.515. The van der Waals surface area contributed by atoms with Crippen molar-refractivity contribution in [3.05, 3.63) is 48.2 Å². The van der Waals surface area contributed by atoms with Gasteiger partial charge in [0.25, 0.3) is 0 Å². The monoisotopic (exact) mass is 429 g/mol. The molecular weight excluding hydrogens is 413 g/mol. The smallest absolute Gasteiger partial charge is 0.340 e. The van der Waals surface area contributed by atoms with E-state index in [0.29, 0.717) is 11.4 Å². The van der Waals surface area contributed by atoms with Crippen molar-refractivity contribution in [3.63, 3.8) is 0 Å². The minimum Gasteiger partial charge on any atom is -0.471 e. The SMILES string of the molecule is Cl.Cl.Nc1ccc(CC(=O)Nc2ccc(OCC(F)(F)C(F)F)nc2)cc1. The first-order chi connectivity index (χ1) is 11.8. The van der Waals surface area contributed by atoms with Crippen molar-refractivity contribution < 1.29 is 27.1 Å². The van der Waals surface area contributed by atoms with Crippen LogP contribution in [-0.4, -0.2) is 29.8 Å². The van der Waals surface area contributed by atoms with Crippen LogP contribution in [0, 0.1) is 0 Å². The Labute approximate surface area is 165 Å². The first kappa shape index (κ1) is 24.7. The maximum atomic E-state index is 12.7. The fourth-order valence-corrected chi connectivity index (χ4v) is 1.80. The van der Waals surface area contributed by atoms with Crippen LogP contribution in [0.4, 0.5) is 28.9 Å². The minimum absolute atomic E-state index is 0. The van der Waals surface area contributed by atoms with Crippen molar-refractivity contribution in [2.24, 2.45) is 0 Å². The summed E-state index contributed by atoms with van der Waals surface area (Å²) in [6, 6.07) is 9.33. The van der Waals surface area contributed by atoms with Gasteiger partial charge in [-0.3, -0.25) is 4.79 Å². The highest BCUT2D eigenvalue weighted by Gasteiger charge is 2.41. The van der Waals surface area contributed by atoms with E-state index < -0.39 is 19.0 Å². The first-order valence-electron chi connectivity index (χ1n) is 7.15. The lowest BCUT2D eigenvalue weighted by atomic mass is 10.1. The number of hydrogen-bond acceptors (Lipinski definition) is 4. The van der Waals surface area contributed by atoms with Crippen LogP contribution in [0.2, 0.25) is 0 Å². The number of nitrogens with two attached hydrogens (primary N) is 1. The van der Waals surface area contributed by atoms with Crippen molar-refractivity contribution in [2.75, 3.05) is 17.7 Å². The van der Waals surface area contributed by atoms with E-state index in [0.717, 1.165) is 5.56 Å². The fraction of sp³-hybridized carbons (Fsp3) is 0.250. The highest BCUT2D eigenvalue weighted by Crippen LogP contribution is 2.24. The molecule has 3 N–H and O–H groups in total. The van der Waals surface area contributed by atoms with E-state index in [-0.39, 0.29) is 43.0 Å². The molecule has 0 saturated heterocycles. The van der Waals surface area contributed by atoms with Gasteiger partial charge in [0.2, 0.25) is 11.8 Å². The zero-order valence-corrected chi connectivity index (χ0v) is 15.3. The van der Waals surface area contributed by atoms with Gasteiger partial charge < -0.3 is 15.8 Å². The van der Waals surface area contributed by atoms with E-state index in [9.17, 15) is 22.4 Å². The number of benzene rings is 1. The standard InChI is InChI=1S/C16H15F4N3O2.2ClH/c17-15(18)16(19,20)9-25-14-6-5-12(8-22-14)23-13(24)7-10-1-3-11(21)4-2-10;;/h1-6,8,15H,7,9,21H2,(H,23,24);2*1H. The lowest BCUT2D eigenvalue weighted by molar-refractivity contribution is -0.148. The number of alkyl halides is 4. The van der Waals surface area contributed by atoms with Crippen LogP contribution in [0.25, 0.3) is 0 Å². The van der Waals surface area contributed by atoms with Crippen molar-refractivity contribution in [1.29, 1.82) is 0 Å². The summed E-state index contributed by atoms with van der Waals surface area (Å²) in [5, 5.41) is 2.57. The lowest BCUT2D eigenvalue weighted by Gasteiger charge is -2.15. The first-order valence-corrected chi connectivity index (χ1v) is 7.15. The van der Waals surface area contributed by atoms with Crippen molar-refractivity contribution in [3.8, 4) is 5.88 Å². The number of nitrogens with zero attached hydrogens (tertiary/aromatic N) is 1. The second kappa shape index (κ2) is 10.8. The molecule has 0 fully saturated rings. The average molecular weight is 430 g/mol. The molecule has 0 aliphatic carbocycles. The third-order valence-electron chi connectivity index (χ3n) is 3.10. The number of hydrogen-bond donors (Lipinski definition) is 2. The highest BCUT2D eigenvalue weighted by atomic mass is 35.5. The summed E-state index contributed by atoms with van der Waals surface area (Å²) in [5.74, 6) is -4.82. The van der Waals surface area contributed by atoms with Gasteiger partial charge in [-0.25, -0.2) is 13.8 Å². The van der Waals surface area contributed by atoms with Crippen LogP contribution in [0.15, 0.2) is 42.6 Å². The van der Waals surface area contributed by atoms with Crippen LogP contribution in [0.5, 0.6) is 5.88 Å². The molecule has 2 rings (SSSR count). The molecule has 1 aromatic carbocycles. The Morgan fingerprint density at radius 1 is 1.15 bits per heavy atom. The zero-order valence-electron chi connectivity index (χ0n) is 13.7. The predicted molar refractivity (Wildman–Crippen MR) is 98.4 cm³/mol. The van der Waals surface area contributed by atoms with Gasteiger partial charge in [-0.2, -0.15) is 8.78 Å². The van der Waals surface area contributed by atoms with Gasteiger partial charge in [0.15, 0.2) is 6.61 Å². The van der Waals surface area contributed by atoms with Crippen LogP contribution < -0.4 is 15.8 Å². The number of rotatable bonds is 7. The second-order valence-corrected chi connectivity index (χ2v) is 5.20. The molecule has 0 aliphatic rings. The molecule has 27 heavy (non-hydrogen) atoms. The topological polar surface area (TPSA) is 77.2 Å². The summed E-state index contributed by atoms with van der Waals surface area (Å²) < 4.78 is 54.1. The molecule has 1 aromatic heterocycles. The third-order valence-corrected chi connectivity index (χ3v) is 3.10. The molecule has 1 heterocycles. The normalized spacial score (nSPS) is 10.6. The Morgan fingerprint density at radius 3 is 2.30 bits per heavy atom. The number of amides is 1. The van der Waals surface area contributed by atoms with Crippen LogP contribution >= 0.6 is 24.8 Å². The molecule has 0 atom stereocenters. The fourth-order valence-electron chi connectivity index (χ4n) is 1.80. The number of aromatic nitrogens is 1. The van der Waals surface area contributed by atoms with Crippen molar-refractivity contribution in [1.82, 2.24) is 4.98 Å². The maximum absolute atomic E-state index is 12.7. The Hall–Kier alpha value is -2.26. The molecule has 11 heteroatoms. The predicted octanol–water partition coefficient (Wildman–Crippen LogP) is 3.97. The van der Waals surface area contributed by atoms with Gasteiger partial charge >= 0.3 is 12.3 Å². The molecule has 0 radical (unpaired) electrons. The van der Waals surface area contributed by atoms with E-state index in [1.54, 1.807) is 24.3 Å². The molecule has 0 unspecified atom stereocenters. The van der Waals surface area contributed by atoms with Gasteiger partial charge in [-0.1, -0.05) is 12.1 Å². The average Bonchev–Trinajstić information content (AvgIpc) is 2.56. The molecule has 1 amide bonds. The molecule has 0 saturated carbocycles. The Balaban J connectivity index is 0.00000338. The molecule has 0 bridgehead atoms. The number of nitrogen functional groups attached to an aromatic ring is 1. The maximum Gasteiger partial charge on any atom is 0.340 e. The molecule has 0 aliphatic heterocycles. The molecular formula is C16H17Cl2F4N3O2. The zero-order chi connectivity index (χ0) is 18.4. The number of ether oxygens (including phenoxy) is 1. The van der Waals surface area contributed by atoms with E-state index in [2.05, 4.69) is 15.0 Å². The summed E-state index contributed by atoms with van der Waals surface area (Å²) in [6.07, 6.45) is -2.53. The van der Waals surface area contributed by atoms with E-state index in [4.69, 9.17) is 5.73 Å². The van der Waals surface area contributed by atoms with Crippen LogP contribution in [-0.2, 0) is 11.2 Å². The summed E-state index contributed by atoms with van der Waals surface area (Å²) in [4.78, 5) is 15.6. The number of carbonyl (C=O) groups is 1. The van der Waals surface area contributed by atoms with Gasteiger partial charge in [0, 0.05) is 11.8 Å². The Morgan fingerprint density at radius 2 is 1.78 bits per heavy atom. The van der Waals surface area contributed by atoms with Gasteiger partial charge in [0.1, 0.15) is 0 Å². The number of carbonyl (C=O) groups excluding carboxylic acids is 1. The molecule has 2 aromatic rings. The third kappa shape index (κ3) is 7.88. The second-order valence-electron chi connectivity index (χ2n) is 5.20. The minimum atomic E-state index is -4.26. The summed E-state index contributed by atoms with van der Waals surface area (Å²) in [5.41, 5.74) is 7.21. The summed E-state index contributed by atoms with van der Waals surface area (Å²) in [7, 11) is 0. The summed E-state index contributed by atoms with van der Waals surface area (Å²) in [6.45, 7) is -1.49. The van der Waals surface area contributed by atoms with Crippen LogP contribution in [0.3, 0.4) is 0 Å². The molecule has 5 nitrogen and oxygen atoms in total. The number of anilines is 2. The van der Waals surface area contributed by atoms with Gasteiger partial charge in [-0.15, -0.1) is 24.8 Å². The number of pyridine rings is 1. The van der Waals surface area contributed by atoms with Crippen molar-refractivity contribution in [2.45, 2.75) is 18.8 Å². The van der Waals surface area contributed by atoms with E-state index in [1.165, 1.54) is 18.3 Å². The van der Waals surface area contributed by atoms with Crippen molar-refractivity contribution >= 4 is 42.1 Å². The van der Waals surface area contributed by atoms with Crippen LogP contribution in [0.1, 0.15) is 5.56 Å². The number of nitrogens with one attached hydrogen (secondary N) is 1. The summed E-state index contributed by atoms with van der Waals surface area (Å²) >= 11 is 0.